The molecule has 0 aliphatic heterocycles. The summed E-state index contributed by atoms with van der Waals surface area (Å²) in [5, 5.41) is 5.80. The molecule has 0 bridgehead atoms. The lowest BCUT2D eigenvalue weighted by atomic mass is 10.2. The van der Waals surface area contributed by atoms with Crippen molar-refractivity contribution < 1.29 is 14.3 Å². The first kappa shape index (κ1) is 16.9. The predicted octanol–water partition coefficient (Wildman–Crippen LogP) is 0.259. The molecule has 0 saturated heterocycles. The number of nitrogens with one attached hydrogen (secondary N) is 3. The highest BCUT2D eigenvalue weighted by Gasteiger charge is 2.23. The summed E-state index contributed by atoms with van der Waals surface area (Å²) in [5.41, 5.74) is 0.191. The van der Waals surface area contributed by atoms with Crippen LogP contribution in [0.15, 0.2) is 23.0 Å². The van der Waals surface area contributed by atoms with Crippen LogP contribution in [0.5, 0.6) is 5.75 Å². The first-order valence-corrected chi connectivity index (χ1v) is 8.19. The largest absolute Gasteiger partial charge is 0.494 e. The molecule has 8 nitrogen and oxygen atoms in total. The van der Waals surface area contributed by atoms with Crippen molar-refractivity contribution >= 4 is 22.7 Å². The van der Waals surface area contributed by atoms with Gasteiger partial charge in [-0.1, -0.05) is 6.07 Å². The zero-order valence-corrected chi connectivity index (χ0v) is 13.9. The first-order valence-electron chi connectivity index (χ1n) is 8.19. The molecule has 132 valence electrons. The van der Waals surface area contributed by atoms with Gasteiger partial charge in [0, 0.05) is 18.9 Å². The highest BCUT2D eigenvalue weighted by atomic mass is 16.5. The number of aromatic amines is 1. The summed E-state index contributed by atoms with van der Waals surface area (Å²) in [6.07, 6.45) is 2.40. The number of benzene rings is 1. The van der Waals surface area contributed by atoms with E-state index in [-0.39, 0.29) is 42.8 Å². The number of carbonyl (C=O) groups is 2. The molecule has 1 aromatic carbocycles. The summed E-state index contributed by atoms with van der Waals surface area (Å²) < 4.78 is 5.23. The summed E-state index contributed by atoms with van der Waals surface area (Å²) in [6, 6.07) is 5.38. The van der Waals surface area contributed by atoms with Gasteiger partial charge in [0.2, 0.25) is 11.8 Å². The average Bonchev–Trinajstić information content (AvgIpc) is 3.41. The number of nitrogens with zero attached hydrogens (tertiary/aromatic N) is 1. The third-order valence-corrected chi connectivity index (χ3v) is 3.95. The molecule has 2 aromatic rings. The van der Waals surface area contributed by atoms with Gasteiger partial charge in [0.15, 0.2) is 0 Å². The molecule has 3 N–H and O–H groups in total. The Balaban J connectivity index is 1.59. The molecule has 3 rings (SSSR count). The third kappa shape index (κ3) is 4.34. The zero-order chi connectivity index (χ0) is 17.8. The van der Waals surface area contributed by atoms with Crippen molar-refractivity contribution in [2.75, 3.05) is 13.7 Å². The number of methoxy groups -OCH3 is 1. The van der Waals surface area contributed by atoms with E-state index in [2.05, 4.69) is 20.6 Å². The lowest BCUT2D eigenvalue weighted by Crippen LogP contribution is -2.37. The fourth-order valence-corrected chi connectivity index (χ4v) is 2.47. The quantitative estimate of drug-likeness (QED) is 0.667. The van der Waals surface area contributed by atoms with Crippen molar-refractivity contribution in [1.29, 1.82) is 0 Å². The molecule has 25 heavy (non-hydrogen) atoms. The SMILES string of the molecule is COc1cccc2c(=O)[nH]c(CCC(=O)NCC(=O)NC3CC3)nc12. The molecule has 2 amide bonds. The van der Waals surface area contributed by atoms with E-state index in [1.54, 1.807) is 18.2 Å². The Labute approximate surface area is 144 Å². The maximum atomic E-state index is 12.1. The van der Waals surface area contributed by atoms with Gasteiger partial charge in [0.1, 0.15) is 17.1 Å². The number of hydrogen-bond acceptors (Lipinski definition) is 5. The van der Waals surface area contributed by atoms with E-state index in [1.165, 1.54) is 7.11 Å². The van der Waals surface area contributed by atoms with Gasteiger partial charge < -0.3 is 20.4 Å². The number of para-hydroxylation sites is 1. The average molecular weight is 344 g/mol. The molecule has 1 aromatic heterocycles. The van der Waals surface area contributed by atoms with Gasteiger partial charge in [-0.25, -0.2) is 4.98 Å². The Bertz CT molecular complexity index is 857. The second kappa shape index (κ2) is 7.33. The summed E-state index contributed by atoms with van der Waals surface area (Å²) in [7, 11) is 1.51. The van der Waals surface area contributed by atoms with Gasteiger partial charge >= 0.3 is 0 Å². The molecule has 8 heteroatoms. The monoisotopic (exact) mass is 344 g/mol. The molecule has 0 radical (unpaired) electrons. The van der Waals surface area contributed by atoms with Gasteiger partial charge in [-0.05, 0) is 25.0 Å². The Morgan fingerprint density at radius 1 is 1.32 bits per heavy atom. The van der Waals surface area contributed by atoms with Crippen molar-refractivity contribution in [3.8, 4) is 5.75 Å². The van der Waals surface area contributed by atoms with E-state index >= 15 is 0 Å². The van der Waals surface area contributed by atoms with E-state index in [0.29, 0.717) is 22.5 Å². The molecular weight excluding hydrogens is 324 g/mol. The van der Waals surface area contributed by atoms with Crippen molar-refractivity contribution in [3.63, 3.8) is 0 Å². The van der Waals surface area contributed by atoms with Crippen molar-refractivity contribution in [2.45, 2.75) is 31.7 Å². The molecule has 0 unspecified atom stereocenters. The number of rotatable bonds is 7. The van der Waals surface area contributed by atoms with Crippen LogP contribution in [-0.4, -0.2) is 41.5 Å². The van der Waals surface area contributed by atoms with E-state index < -0.39 is 0 Å². The van der Waals surface area contributed by atoms with E-state index in [4.69, 9.17) is 4.74 Å². The second-order valence-corrected chi connectivity index (χ2v) is 5.99. The molecule has 1 heterocycles. The van der Waals surface area contributed by atoms with Crippen LogP contribution < -0.4 is 20.9 Å². The third-order valence-electron chi connectivity index (χ3n) is 3.95. The van der Waals surface area contributed by atoms with E-state index in [1.807, 2.05) is 0 Å². The van der Waals surface area contributed by atoms with Crippen molar-refractivity contribution in [2.24, 2.45) is 0 Å². The summed E-state index contributed by atoms with van der Waals surface area (Å²) in [6.45, 7) is -0.0369. The van der Waals surface area contributed by atoms with Crippen molar-refractivity contribution in [1.82, 2.24) is 20.6 Å². The molecule has 0 spiro atoms. The van der Waals surface area contributed by atoms with Crippen LogP contribution in [0.1, 0.15) is 25.1 Å². The number of hydrogen-bond donors (Lipinski definition) is 3. The van der Waals surface area contributed by atoms with Crippen molar-refractivity contribution in [3.05, 3.63) is 34.4 Å². The maximum Gasteiger partial charge on any atom is 0.258 e. The van der Waals surface area contributed by atoms with E-state index in [0.717, 1.165) is 12.8 Å². The molecule has 1 aliphatic rings. The summed E-state index contributed by atoms with van der Waals surface area (Å²) in [4.78, 5) is 42.6. The number of ether oxygens (including phenoxy) is 1. The highest BCUT2D eigenvalue weighted by Crippen LogP contribution is 2.20. The Kier molecular flexibility index (Phi) is 4.97. The summed E-state index contributed by atoms with van der Waals surface area (Å²) >= 11 is 0. The molecular formula is C17H20N4O4. The number of carbonyl (C=O) groups excluding carboxylic acids is 2. The minimum Gasteiger partial charge on any atom is -0.494 e. The minimum atomic E-state index is -0.275. The van der Waals surface area contributed by atoms with Crippen LogP contribution >= 0.6 is 0 Å². The number of aryl methyl sites for hydroxylation is 1. The second-order valence-electron chi connectivity index (χ2n) is 5.99. The van der Waals surface area contributed by atoms with Crippen LogP contribution in [0.2, 0.25) is 0 Å². The van der Waals surface area contributed by atoms with Gasteiger partial charge in [-0.15, -0.1) is 0 Å². The lowest BCUT2D eigenvalue weighted by molar-refractivity contribution is -0.126. The number of H-pyrrole nitrogens is 1. The van der Waals surface area contributed by atoms with Crippen LogP contribution in [0.4, 0.5) is 0 Å². The van der Waals surface area contributed by atoms with Crippen LogP contribution in [0.25, 0.3) is 10.9 Å². The fraction of sp³-hybridized carbons (Fsp3) is 0.412. The van der Waals surface area contributed by atoms with Crippen LogP contribution in [-0.2, 0) is 16.0 Å². The number of amides is 2. The van der Waals surface area contributed by atoms with Gasteiger partial charge in [0.25, 0.3) is 5.56 Å². The Morgan fingerprint density at radius 2 is 2.12 bits per heavy atom. The van der Waals surface area contributed by atoms with Gasteiger partial charge in [-0.3, -0.25) is 14.4 Å². The molecule has 1 aliphatic carbocycles. The molecule has 1 fully saturated rings. The van der Waals surface area contributed by atoms with Gasteiger partial charge in [-0.2, -0.15) is 0 Å². The standard InChI is InChI=1S/C17H20N4O4/c1-25-12-4-2-3-11-16(12)20-13(21-17(11)24)7-8-14(22)18-9-15(23)19-10-5-6-10/h2-4,10H,5-9H2,1H3,(H,18,22)(H,19,23)(H,20,21,24). The smallest absolute Gasteiger partial charge is 0.258 e. The fourth-order valence-electron chi connectivity index (χ4n) is 2.47. The van der Waals surface area contributed by atoms with E-state index in [9.17, 15) is 14.4 Å². The topological polar surface area (TPSA) is 113 Å². The predicted molar refractivity (Wildman–Crippen MR) is 91.4 cm³/mol. The summed E-state index contributed by atoms with van der Waals surface area (Å²) in [5.74, 6) is 0.456. The zero-order valence-electron chi connectivity index (χ0n) is 13.9. The normalized spacial score (nSPS) is 13.5. The Hall–Kier alpha value is -2.90. The molecule has 0 atom stereocenters. The molecule has 1 saturated carbocycles. The minimum absolute atomic E-state index is 0.0369. The Morgan fingerprint density at radius 3 is 2.84 bits per heavy atom. The lowest BCUT2D eigenvalue weighted by Gasteiger charge is -2.07. The van der Waals surface area contributed by atoms with Gasteiger partial charge in [0.05, 0.1) is 19.0 Å². The highest BCUT2D eigenvalue weighted by molar-refractivity contribution is 5.85. The van der Waals surface area contributed by atoms with Crippen LogP contribution in [0.3, 0.4) is 0 Å². The number of fused-ring (bicyclic) bond motifs is 1. The number of aromatic nitrogens is 2. The van der Waals surface area contributed by atoms with Crippen LogP contribution in [0, 0.1) is 0 Å². The first-order chi connectivity index (χ1) is 12.1. The maximum absolute atomic E-state index is 12.1.